The topological polar surface area (TPSA) is 20.2 Å². The van der Waals surface area contributed by atoms with Crippen molar-refractivity contribution >= 4 is 0 Å². The van der Waals surface area contributed by atoms with E-state index < -0.39 is 23.7 Å². The van der Waals surface area contributed by atoms with Crippen LogP contribution in [0.1, 0.15) is 6.92 Å². The third-order valence-electron chi connectivity index (χ3n) is 1.58. The molecule has 1 nitrogen and oxygen atoms in total. The lowest BCUT2D eigenvalue weighted by molar-refractivity contribution is 0.160. The SMILES string of the molecule is CC1C(F)=C(F)C=CC1O. The molecule has 1 rings (SSSR count). The first kappa shape index (κ1) is 7.41. The van der Waals surface area contributed by atoms with Crippen molar-refractivity contribution in [1.29, 1.82) is 0 Å². The Morgan fingerprint density at radius 1 is 1.50 bits per heavy atom. The highest BCUT2D eigenvalue weighted by atomic mass is 19.2. The third-order valence-corrected chi connectivity index (χ3v) is 1.58. The number of aliphatic hydroxyl groups is 1. The first-order valence-corrected chi connectivity index (χ1v) is 3.04. The standard InChI is InChI=1S/C7H8F2O/c1-4-6(10)3-2-5(8)7(4)9/h2-4,6,10H,1H3. The molecule has 2 atom stereocenters. The molecule has 3 heteroatoms. The molecular weight excluding hydrogens is 138 g/mol. The van der Waals surface area contributed by atoms with Crippen LogP contribution in [-0.2, 0) is 0 Å². The minimum absolute atomic E-state index is 0.745. The van der Waals surface area contributed by atoms with E-state index in [9.17, 15) is 8.78 Å². The minimum atomic E-state index is -0.889. The molecule has 0 aromatic carbocycles. The summed E-state index contributed by atoms with van der Waals surface area (Å²) in [7, 11) is 0. The van der Waals surface area contributed by atoms with Crippen LogP contribution in [0.15, 0.2) is 23.8 Å². The van der Waals surface area contributed by atoms with E-state index in [1.54, 1.807) is 0 Å². The van der Waals surface area contributed by atoms with Crippen LogP contribution in [0.3, 0.4) is 0 Å². The van der Waals surface area contributed by atoms with Gasteiger partial charge in [0, 0.05) is 5.92 Å². The lowest BCUT2D eigenvalue weighted by atomic mass is 9.98. The van der Waals surface area contributed by atoms with Gasteiger partial charge in [-0.15, -0.1) is 0 Å². The Labute approximate surface area is 57.7 Å². The Kier molecular flexibility index (Phi) is 1.85. The van der Waals surface area contributed by atoms with Crippen LogP contribution >= 0.6 is 0 Å². The van der Waals surface area contributed by atoms with Gasteiger partial charge in [-0.1, -0.05) is 13.0 Å². The van der Waals surface area contributed by atoms with E-state index in [2.05, 4.69) is 0 Å². The van der Waals surface area contributed by atoms with Gasteiger partial charge in [-0.3, -0.25) is 0 Å². The quantitative estimate of drug-likeness (QED) is 0.551. The predicted octanol–water partition coefficient (Wildman–Crippen LogP) is 1.70. The summed E-state index contributed by atoms with van der Waals surface area (Å²) in [5.74, 6) is -2.49. The Bertz CT molecular complexity index is 196. The summed E-state index contributed by atoms with van der Waals surface area (Å²) < 4.78 is 24.8. The van der Waals surface area contributed by atoms with E-state index in [1.165, 1.54) is 13.0 Å². The summed E-state index contributed by atoms with van der Waals surface area (Å²) in [5.41, 5.74) is 0. The number of rotatable bonds is 0. The van der Waals surface area contributed by atoms with Crippen molar-refractivity contribution < 1.29 is 13.9 Å². The average Bonchev–Trinajstić information content (AvgIpc) is 1.93. The van der Waals surface area contributed by atoms with Crippen molar-refractivity contribution in [3.8, 4) is 0 Å². The summed E-state index contributed by atoms with van der Waals surface area (Å²) in [6, 6.07) is 0. The zero-order valence-electron chi connectivity index (χ0n) is 5.51. The number of halogens is 2. The summed E-state index contributed by atoms with van der Waals surface area (Å²) in [6.45, 7) is 1.43. The minimum Gasteiger partial charge on any atom is -0.388 e. The molecule has 0 saturated carbocycles. The number of hydrogen-bond acceptors (Lipinski definition) is 1. The molecule has 0 amide bonds. The maximum Gasteiger partial charge on any atom is 0.154 e. The Morgan fingerprint density at radius 2 is 2.10 bits per heavy atom. The average molecular weight is 146 g/mol. The van der Waals surface area contributed by atoms with Crippen LogP contribution in [0.4, 0.5) is 8.78 Å². The number of hydrogen-bond donors (Lipinski definition) is 1. The van der Waals surface area contributed by atoms with Gasteiger partial charge in [0.25, 0.3) is 0 Å². The molecule has 10 heavy (non-hydrogen) atoms. The van der Waals surface area contributed by atoms with Crippen molar-refractivity contribution in [2.45, 2.75) is 13.0 Å². The zero-order valence-corrected chi connectivity index (χ0v) is 5.51. The molecule has 1 aliphatic rings. The molecule has 0 spiro atoms. The molecule has 2 unspecified atom stereocenters. The van der Waals surface area contributed by atoms with Gasteiger partial charge in [0.15, 0.2) is 5.83 Å². The maximum atomic E-state index is 12.5. The lowest BCUT2D eigenvalue weighted by Gasteiger charge is -2.16. The molecule has 0 fully saturated rings. The monoisotopic (exact) mass is 146 g/mol. The fourth-order valence-corrected chi connectivity index (χ4v) is 0.797. The second-order valence-corrected chi connectivity index (χ2v) is 2.33. The van der Waals surface area contributed by atoms with Crippen LogP contribution in [-0.4, -0.2) is 11.2 Å². The smallest absolute Gasteiger partial charge is 0.154 e. The molecule has 0 aromatic heterocycles. The van der Waals surface area contributed by atoms with Gasteiger partial charge < -0.3 is 5.11 Å². The van der Waals surface area contributed by atoms with Crippen LogP contribution in [0.25, 0.3) is 0 Å². The van der Waals surface area contributed by atoms with E-state index in [0.717, 1.165) is 6.08 Å². The van der Waals surface area contributed by atoms with Crippen LogP contribution in [0.2, 0.25) is 0 Å². The molecule has 1 aliphatic carbocycles. The number of allylic oxidation sites excluding steroid dienone is 2. The highest BCUT2D eigenvalue weighted by Gasteiger charge is 2.23. The molecule has 0 heterocycles. The van der Waals surface area contributed by atoms with Crippen molar-refractivity contribution in [3.05, 3.63) is 23.8 Å². The van der Waals surface area contributed by atoms with E-state index in [4.69, 9.17) is 5.11 Å². The summed E-state index contributed by atoms with van der Waals surface area (Å²) >= 11 is 0. The Balaban J connectivity index is 2.88. The summed E-state index contributed by atoms with van der Waals surface area (Å²) in [6.07, 6.45) is 1.29. The lowest BCUT2D eigenvalue weighted by Crippen LogP contribution is -2.18. The Hall–Kier alpha value is -0.700. The van der Waals surface area contributed by atoms with Gasteiger partial charge in [-0.05, 0) is 6.08 Å². The number of aliphatic hydroxyl groups excluding tert-OH is 1. The largest absolute Gasteiger partial charge is 0.388 e. The second-order valence-electron chi connectivity index (χ2n) is 2.33. The molecule has 0 saturated heterocycles. The van der Waals surface area contributed by atoms with E-state index >= 15 is 0 Å². The molecule has 0 radical (unpaired) electrons. The van der Waals surface area contributed by atoms with E-state index in [0.29, 0.717) is 0 Å². The highest BCUT2D eigenvalue weighted by molar-refractivity contribution is 5.24. The van der Waals surface area contributed by atoms with Crippen molar-refractivity contribution in [2.24, 2.45) is 5.92 Å². The van der Waals surface area contributed by atoms with E-state index in [-0.39, 0.29) is 0 Å². The van der Waals surface area contributed by atoms with Gasteiger partial charge in [-0.2, -0.15) is 0 Å². The van der Waals surface area contributed by atoms with Crippen LogP contribution < -0.4 is 0 Å². The second kappa shape index (κ2) is 2.50. The molecule has 0 aromatic rings. The first-order valence-electron chi connectivity index (χ1n) is 3.04. The maximum absolute atomic E-state index is 12.5. The van der Waals surface area contributed by atoms with Gasteiger partial charge in [0.05, 0.1) is 6.10 Å². The molecule has 1 N–H and O–H groups in total. The molecule has 0 aliphatic heterocycles. The van der Waals surface area contributed by atoms with E-state index in [1.807, 2.05) is 0 Å². The molecule has 56 valence electrons. The Morgan fingerprint density at radius 3 is 2.60 bits per heavy atom. The fraction of sp³-hybridized carbons (Fsp3) is 0.429. The molecular formula is C7H8F2O. The van der Waals surface area contributed by atoms with Crippen LogP contribution in [0.5, 0.6) is 0 Å². The normalized spacial score (nSPS) is 33.2. The fourth-order valence-electron chi connectivity index (χ4n) is 0.797. The van der Waals surface area contributed by atoms with Gasteiger partial charge >= 0.3 is 0 Å². The highest BCUT2D eigenvalue weighted by Crippen LogP contribution is 2.26. The van der Waals surface area contributed by atoms with Crippen molar-refractivity contribution in [3.63, 3.8) is 0 Å². The predicted molar refractivity (Wildman–Crippen MR) is 33.6 cm³/mol. The van der Waals surface area contributed by atoms with Crippen LogP contribution in [0, 0.1) is 5.92 Å². The third kappa shape index (κ3) is 1.09. The summed E-state index contributed by atoms with van der Waals surface area (Å²) in [5, 5.41) is 8.94. The zero-order chi connectivity index (χ0) is 7.72. The van der Waals surface area contributed by atoms with Gasteiger partial charge in [0.1, 0.15) is 5.83 Å². The summed E-state index contributed by atoms with van der Waals surface area (Å²) in [4.78, 5) is 0. The first-order chi connectivity index (χ1) is 4.63. The van der Waals surface area contributed by atoms with Crippen molar-refractivity contribution in [1.82, 2.24) is 0 Å². The van der Waals surface area contributed by atoms with Gasteiger partial charge in [-0.25, -0.2) is 8.78 Å². The van der Waals surface area contributed by atoms with Gasteiger partial charge in [0.2, 0.25) is 0 Å². The van der Waals surface area contributed by atoms with Crippen molar-refractivity contribution in [2.75, 3.05) is 0 Å². The molecule has 0 bridgehead atoms.